The van der Waals surface area contributed by atoms with Crippen LogP contribution >= 0.6 is 0 Å². The lowest BCUT2D eigenvalue weighted by Gasteiger charge is -2.24. The zero-order valence-electron chi connectivity index (χ0n) is 15.7. The predicted octanol–water partition coefficient (Wildman–Crippen LogP) is 3.93. The largest absolute Gasteiger partial charge is 0.573 e. The number of rotatable bonds is 4. The van der Waals surface area contributed by atoms with Gasteiger partial charge in [0.1, 0.15) is 30.2 Å². The van der Waals surface area contributed by atoms with Gasteiger partial charge in [-0.1, -0.05) is 24.3 Å². The van der Waals surface area contributed by atoms with Crippen molar-refractivity contribution in [3.63, 3.8) is 0 Å². The van der Waals surface area contributed by atoms with Crippen LogP contribution in [0.3, 0.4) is 0 Å². The number of benzene rings is 2. The first kappa shape index (κ1) is 20.1. The summed E-state index contributed by atoms with van der Waals surface area (Å²) >= 11 is 0. The molecule has 0 spiro atoms. The summed E-state index contributed by atoms with van der Waals surface area (Å²) in [5, 5.41) is 10.8. The van der Waals surface area contributed by atoms with Crippen LogP contribution in [0.4, 0.5) is 13.2 Å². The molecule has 0 saturated heterocycles. The highest BCUT2D eigenvalue weighted by Crippen LogP contribution is 2.36. The standard InChI is InChI=1S/C21H18F3N3O3/c22-21(23,24)30-16-4-1-3-14(11-16)15-5-6-17-18(12-15)29-10-9-27(20(17)28)13-19-25-7-2-8-26-19/h1-8,11-12,20,28H,9-10,13H2. The molecule has 30 heavy (non-hydrogen) atoms. The number of hydrogen-bond donors (Lipinski definition) is 1. The second-order valence-corrected chi connectivity index (χ2v) is 6.69. The summed E-state index contributed by atoms with van der Waals surface area (Å²) in [5.74, 6) is 0.752. The fourth-order valence-corrected chi connectivity index (χ4v) is 3.28. The maximum absolute atomic E-state index is 12.5. The number of aliphatic hydroxyl groups excluding tert-OH is 1. The van der Waals surface area contributed by atoms with E-state index in [0.29, 0.717) is 48.0 Å². The molecule has 1 aliphatic heterocycles. The molecule has 0 saturated carbocycles. The molecule has 0 amide bonds. The Labute approximate surface area is 170 Å². The first-order chi connectivity index (χ1) is 14.4. The molecule has 156 valence electrons. The van der Waals surface area contributed by atoms with Crippen molar-refractivity contribution in [2.45, 2.75) is 19.1 Å². The predicted molar refractivity (Wildman–Crippen MR) is 101 cm³/mol. The Morgan fingerprint density at radius 1 is 1.07 bits per heavy atom. The van der Waals surface area contributed by atoms with E-state index >= 15 is 0 Å². The second-order valence-electron chi connectivity index (χ2n) is 6.69. The molecule has 0 aliphatic carbocycles. The molecule has 2 aromatic carbocycles. The molecule has 1 atom stereocenters. The number of hydrogen-bond acceptors (Lipinski definition) is 6. The van der Waals surface area contributed by atoms with Gasteiger partial charge in [0, 0.05) is 24.5 Å². The molecular weight excluding hydrogens is 399 g/mol. The van der Waals surface area contributed by atoms with Crippen LogP contribution in [-0.4, -0.2) is 39.5 Å². The number of ether oxygens (including phenoxy) is 2. The molecule has 9 heteroatoms. The van der Waals surface area contributed by atoms with Gasteiger partial charge in [-0.15, -0.1) is 13.2 Å². The lowest BCUT2D eigenvalue weighted by atomic mass is 10.0. The first-order valence-corrected chi connectivity index (χ1v) is 9.20. The zero-order valence-corrected chi connectivity index (χ0v) is 15.7. The molecule has 4 rings (SSSR count). The molecule has 0 fully saturated rings. The Kier molecular flexibility index (Phi) is 5.56. The number of halogens is 3. The van der Waals surface area contributed by atoms with Gasteiger partial charge in [-0.25, -0.2) is 9.97 Å². The van der Waals surface area contributed by atoms with Gasteiger partial charge in [0.2, 0.25) is 0 Å². The molecule has 1 N–H and O–H groups in total. The molecular formula is C21H18F3N3O3. The lowest BCUT2D eigenvalue weighted by molar-refractivity contribution is -0.274. The van der Waals surface area contributed by atoms with Gasteiger partial charge in [-0.05, 0) is 35.4 Å². The van der Waals surface area contributed by atoms with Crippen LogP contribution in [0.15, 0.2) is 60.9 Å². The summed E-state index contributed by atoms with van der Waals surface area (Å²) in [7, 11) is 0. The summed E-state index contributed by atoms with van der Waals surface area (Å²) in [5.41, 5.74) is 1.75. The first-order valence-electron chi connectivity index (χ1n) is 9.20. The molecule has 0 radical (unpaired) electrons. The Hall–Kier alpha value is -3.17. The van der Waals surface area contributed by atoms with Gasteiger partial charge in [0.05, 0.1) is 6.54 Å². The highest BCUT2D eigenvalue weighted by atomic mass is 19.4. The highest BCUT2D eigenvalue weighted by molar-refractivity contribution is 5.67. The summed E-state index contributed by atoms with van der Waals surface area (Å²) in [6.07, 6.45) is -2.41. The molecule has 1 aliphatic rings. The van der Waals surface area contributed by atoms with Crippen LogP contribution in [0.25, 0.3) is 11.1 Å². The number of nitrogens with zero attached hydrogens (tertiary/aromatic N) is 3. The highest BCUT2D eigenvalue weighted by Gasteiger charge is 2.31. The van der Waals surface area contributed by atoms with Crippen LogP contribution in [0.5, 0.6) is 11.5 Å². The quantitative estimate of drug-likeness (QED) is 0.694. The van der Waals surface area contributed by atoms with E-state index in [-0.39, 0.29) is 5.75 Å². The van der Waals surface area contributed by atoms with Gasteiger partial charge in [-0.3, -0.25) is 4.90 Å². The van der Waals surface area contributed by atoms with Crippen LogP contribution in [0, 0.1) is 0 Å². The third kappa shape index (κ3) is 4.69. The van der Waals surface area contributed by atoms with Crippen molar-refractivity contribution in [3.8, 4) is 22.6 Å². The molecule has 1 aromatic heterocycles. The van der Waals surface area contributed by atoms with E-state index in [0.717, 1.165) is 0 Å². The summed E-state index contributed by atoms with van der Waals surface area (Å²) < 4.78 is 47.3. The van der Waals surface area contributed by atoms with Crippen LogP contribution < -0.4 is 9.47 Å². The van der Waals surface area contributed by atoms with E-state index in [4.69, 9.17) is 4.74 Å². The molecule has 6 nitrogen and oxygen atoms in total. The fourth-order valence-electron chi connectivity index (χ4n) is 3.28. The van der Waals surface area contributed by atoms with Gasteiger partial charge in [0.25, 0.3) is 0 Å². The summed E-state index contributed by atoms with van der Waals surface area (Å²) in [4.78, 5) is 10.2. The Balaban J connectivity index is 1.58. The molecule has 0 bridgehead atoms. The van der Waals surface area contributed by atoms with Crippen LogP contribution in [0.1, 0.15) is 17.6 Å². The Morgan fingerprint density at radius 2 is 1.83 bits per heavy atom. The van der Waals surface area contributed by atoms with E-state index in [1.54, 1.807) is 47.6 Å². The minimum absolute atomic E-state index is 0.301. The van der Waals surface area contributed by atoms with E-state index in [1.165, 1.54) is 18.2 Å². The Bertz CT molecular complexity index is 1020. The van der Waals surface area contributed by atoms with Crippen LogP contribution in [-0.2, 0) is 6.54 Å². The zero-order chi connectivity index (χ0) is 21.1. The second kappa shape index (κ2) is 8.29. The van der Waals surface area contributed by atoms with Crippen molar-refractivity contribution < 1.29 is 27.8 Å². The summed E-state index contributed by atoms with van der Waals surface area (Å²) in [6, 6.07) is 12.6. The van der Waals surface area contributed by atoms with E-state index in [1.807, 2.05) is 0 Å². The van der Waals surface area contributed by atoms with Crippen molar-refractivity contribution >= 4 is 0 Å². The number of alkyl halides is 3. The van der Waals surface area contributed by atoms with Crippen molar-refractivity contribution in [2.75, 3.05) is 13.2 Å². The average Bonchev–Trinajstić information content (AvgIpc) is 2.86. The average molecular weight is 417 g/mol. The smallest absolute Gasteiger partial charge is 0.492 e. The third-order valence-electron chi connectivity index (χ3n) is 4.64. The normalized spacial score (nSPS) is 17.0. The van der Waals surface area contributed by atoms with E-state index < -0.39 is 12.6 Å². The van der Waals surface area contributed by atoms with Gasteiger partial charge >= 0.3 is 6.36 Å². The Morgan fingerprint density at radius 3 is 2.60 bits per heavy atom. The molecule has 1 unspecified atom stereocenters. The van der Waals surface area contributed by atoms with Crippen molar-refractivity contribution in [1.82, 2.24) is 14.9 Å². The maximum atomic E-state index is 12.5. The van der Waals surface area contributed by atoms with Crippen LogP contribution in [0.2, 0.25) is 0 Å². The van der Waals surface area contributed by atoms with E-state index in [2.05, 4.69) is 14.7 Å². The van der Waals surface area contributed by atoms with Crippen molar-refractivity contribution in [2.24, 2.45) is 0 Å². The number of fused-ring (bicyclic) bond motifs is 1. The minimum Gasteiger partial charge on any atom is -0.492 e. The van der Waals surface area contributed by atoms with Gasteiger partial charge < -0.3 is 14.6 Å². The topological polar surface area (TPSA) is 67.7 Å². The van der Waals surface area contributed by atoms with Gasteiger partial charge in [0.15, 0.2) is 0 Å². The third-order valence-corrected chi connectivity index (χ3v) is 4.64. The number of aliphatic hydroxyl groups is 1. The summed E-state index contributed by atoms with van der Waals surface area (Å²) in [6.45, 7) is 1.14. The molecule has 2 heterocycles. The SMILES string of the molecule is OC1c2ccc(-c3cccc(OC(F)(F)F)c3)cc2OCCN1Cc1ncccn1. The van der Waals surface area contributed by atoms with Gasteiger partial charge in [-0.2, -0.15) is 0 Å². The lowest BCUT2D eigenvalue weighted by Crippen LogP contribution is -2.30. The maximum Gasteiger partial charge on any atom is 0.573 e. The van der Waals surface area contributed by atoms with E-state index in [9.17, 15) is 18.3 Å². The van der Waals surface area contributed by atoms with Crippen molar-refractivity contribution in [1.29, 1.82) is 0 Å². The fraction of sp³-hybridized carbons (Fsp3) is 0.238. The molecule has 3 aromatic rings. The van der Waals surface area contributed by atoms with Crippen molar-refractivity contribution in [3.05, 3.63) is 72.3 Å². The minimum atomic E-state index is -4.76. The number of aromatic nitrogens is 2. The monoisotopic (exact) mass is 417 g/mol.